The van der Waals surface area contributed by atoms with Gasteiger partial charge in [-0.2, -0.15) is 4.98 Å². The van der Waals surface area contributed by atoms with Gasteiger partial charge in [0.2, 0.25) is 11.9 Å². The third kappa shape index (κ3) is 2.63. The Morgan fingerprint density at radius 2 is 2.12 bits per heavy atom. The Labute approximate surface area is 145 Å². The average Bonchev–Trinajstić information content (AvgIpc) is 3.15. The molecular formula is C19H19N5O. The van der Waals surface area contributed by atoms with Crippen LogP contribution in [0.15, 0.2) is 30.5 Å². The molecule has 1 fully saturated rings. The SMILES string of the molecule is O=C1Cc2cc(Nc3nc(CC4CCC4)c4cc[nH]c4n3)ccc2N1. The smallest absolute Gasteiger partial charge is 0.229 e. The van der Waals surface area contributed by atoms with Crippen LogP contribution in [0.2, 0.25) is 0 Å². The zero-order valence-corrected chi connectivity index (χ0v) is 13.8. The molecule has 6 nitrogen and oxygen atoms in total. The highest BCUT2D eigenvalue weighted by atomic mass is 16.1. The number of carbonyl (C=O) groups excluding carboxylic acids is 1. The van der Waals surface area contributed by atoms with Crippen LogP contribution in [0.25, 0.3) is 11.0 Å². The lowest BCUT2D eigenvalue weighted by molar-refractivity contribution is -0.115. The first kappa shape index (κ1) is 14.5. The van der Waals surface area contributed by atoms with Gasteiger partial charge in [0.1, 0.15) is 5.65 Å². The van der Waals surface area contributed by atoms with Crippen LogP contribution in [-0.4, -0.2) is 20.9 Å². The van der Waals surface area contributed by atoms with E-state index in [-0.39, 0.29) is 5.91 Å². The summed E-state index contributed by atoms with van der Waals surface area (Å²) in [5, 5.41) is 7.26. The number of aromatic amines is 1. The van der Waals surface area contributed by atoms with Crippen molar-refractivity contribution >= 4 is 34.3 Å². The van der Waals surface area contributed by atoms with Gasteiger partial charge in [-0.25, -0.2) is 4.98 Å². The summed E-state index contributed by atoms with van der Waals surface area (Å²) < 4.78 is 0. The highest BCUT2D eigenvalue weighted by Gasteiger charge is 2.21. The van der Waals surface area contributed by atoms with Crippen LogP contribution in [0.4, 0.5) is 17.3 Å². The fraction of sp³-hybridized carbons (Fsp3) is 0.316. The molecule has 1 aromatic carbocycles. The standard InChI is InChI=1S/C19H19N5O/c25-17-10-12-9-13(4-5-15(12)22-17)21-19-23-16(8-11-2-1-3-11)14-6-7-20-18(14)24-19/h4-7,9,11H,1-3,8,10H2,(H,22,25)(H2,20,21,23,24). The zero-order valence-electron chi connectivity index (χ0n) is 13.8. The van der Waals surface area contributed by atoms with E-state index in [1.165, 1.54) is 19.3 Å². The molecule has 0 atom stereocenters. The van der Waals surface area contributed by atoms with Crippen molar-refractivity contribution in [2.24, 2.45) is 5.92 Å². The maximum absolute atomic E-state index is 11.5. The number of nitrogens with zero attached hydrogens (tertiary/aromatic N) is 2. The molecule has 1 aliphatic carbocycles. The predicted octanol–water partition coefficient (Wildman–Crippen LogP) is 3.54. The molecule has 1 amide bonds. The maximum atomic E-state index is 11.5. The first-order valence-corrected chi connectivity index (χ1v) is 8.78. The Kier molecular flexibility index (Phi) is 3.23. The molecular weight excluding hydrogens is 314 g/mol. The number of rotatable bonds is 4. The third-order valence-electron chi connectivity index (χ3n) is 5.19. The Hall–Kier alpha value is -2.89. The van der Waals surface area contributed by atoms with E-state index in [0.29, 0.717) is 12.4 Å². The lowest BCUT2D eigenvalue weighted by Gasteiger charge is -2.25. The van der Waals surface area contributed by atoms with Gasteiger partial charge in [0, 0.05) is 23.0 Å². The van der Waals surface area contributed by atoms with Crippen LogP contribution in [0.3, 0.4) is 0 Å². The number of fused-ring (bicyclic) bond motifs is 2. The number of benzene rings is 1. The summed E-state index contributed by atoms with van der Waals surface area (Å²) in [5.41, 5.74) is 4.77. The molecule has 3 heterocycles. The Morgan fingerprint density at radius 3 is 2.96 bits per heavy atom. The Morgan fingerprint density at radius 1 is 1.20 bits per heavy atom. The first-order valence-electron chi connectivity index (χ1n) is 8.78. The van der Waals surface area contributed by atoms with Crippen molar-refractivity contribution < 1.29 is 4.79 Å². The highest BCUT2D eigenvalue weighted by molar-refractivity contribution is 5.99. The lowest BCUT2D eigenvalue weighted by Crippen LogP contribution is -2.15. The number of amides is 1. The van der Waals surface area contributed by atoms with Crippen LogP contribution in [0.1, 0.15) is 30.5 Å². The molecule has 1 aliphatic heterocycles. The van der Waals surface area contributed by atoms with Gasteiger partial charge in [-0.1, -0.05) is 19.3 Å². The number of H-pyrrole nitrogens is 1. The molecule has 1 saturated carbocycles. The molecule has 3 aromatic rings. The van der Waals surface area contributed by atoms with E-state index in [9.17, 15) is 4.79 Å². The normalized spacial score (nSPS) is 16.6. The van der Waals surface area contributed by atoms with Gasteiger partial charge in [0.25, 0.3) is 0 Å². The number of carbonyl (C=O) groups is 1. The van der Waals surface area contributed by atoms with Crippen LogP contribution >= 0.6 is 0 Å². The Balaban J connectivity index is 1.46. The summed E-state index contributed by atoms with van der Waals surface area (Å²) in [7, 11) is 0. The van der Waals surface area contributed by atoms with Gasteiger partial charge < -0.3 is 15.6 Å². The van der Waals surface area contributed by atoms with Crippen molar-refractivity contribution in [1.29, 1.82) is 0 Å². The molecule has 3 N–H and O–H groups in total. The minimum atomic E-state index is 0.0407. The highest BCUT2D eigenvalue weighted by Crippen LogP contribution is 2.32. The molecule has 25 heavy (non-hydrogen) atoms. The van der Waals surface area contributed by atoms with Gasteiger partial charge in [0.05, 0.1) is 12.1 Å². The van der Waals surface area contributed by atoms with E-state index in [1.54, 1.807) is 0 Å². The van der Waals surface area contributed by atoms with Gasteiger partial charge in [0.15, 0.2) is 0 Å². The fourth-order valence-corrected chi connectivity index (χ4v) is 3.62. The van der Waals surface area contributed by atoms with E-state index in [1.807, 2.05) is 24.4 Å². The summed E-state index contributed by atoms with van der Waals surface area (Å²) in [4.78, 5) is 24.1. The van der Waals surface area contributed by atoms with E-state index >= 15 is 0 Å². The van der Waals surface area contributed by atoms with Crippen LogP contribution in [-0.2, 0) is 17.6 Å². The number of hydrogen-bond donors (Lipinski definition) is 3. The molecule has 0 bridgehead atoms. The zero-order chi connectivity index (χ0) is 16.8. The lowest BCUT2D eigenvalue weighted by atomic mass is 9.82. The van der Waals surface area contributed by atoms with Crippen molar-refractivity contribution in [2.45, 2.75) is 32.1 Å². The summed E-state index contributed by atoms with van der Waals surface area (Å²) in [6.45, 7) is 0. The van der Waals surface area contributed by atoms with E-state index < -0.39 is 0 Å². The minimum absolute atomic E-state index is 0.0407. The van der Waals surface area contributed by atoms with Crippen LogP contribution < -0.4 is 10.6 Å². The second kappa shape index (κ2) is 5.58. The van der Waals surface area contributed by atoms with E-state index in [0.717, 1.165) is 46.0 Å². The van der Waals surface area contributed by atoms with Gasteiger partial charge in [-0.05, 0) is 42.2 Å². The monoisotopic (exact) mass is 333 g/mol. The number of nitrogens with one attached hydrogen (secondary N) is 3. The second-order valence-corrected chi connectivity index (χ2v) is 6.96. The van der Waals surface area contributed by atoms with Gasteiger partial charge in [-0.15, -0.1) is 0 Å². The van der Waals surface area contributed by atoms with Crippen LogP contribution in [0, 0.1) is 5.92 Å². The van der Waals surface area contributed by atoms with Crippen molar-refractivity contribution in [2.75, 3.05) is 10.6 Å². The summed E-state index contributed by atoms with van der Waals surface area (Å²) in [6.07, 6.45) is 7.27. The molecule has 0 saturated heterocycles. The van der Waals surface area contributed by atoms with Crippen molar-refractivity contribution in [3.05, 3.63) is 41.7 Å². The predicted molar refractivity (Wildman–Crippen MR) is 97.0 cm³/mol. The average molecular weight is 333 g/mol. The molecule has 0 radical (unpaired) electrons. The fourth-order valence-electron chi connectivity index (χ4n) is 3.62. The molecule has 2 aromatic heterocycles. The van der Waals surface area contributed by atoms with E-state index in [4.69, 9.17) is 4.98 Å². The quantitative estimate of drug-likeness (QED) is 0.682. The van der Waals surface area contributed by atoms with E-state index in [2.05, 4.69) is 26.7 Å². The number of anilines is 3. The van der Waals surface area contributed by atoms with Crippen LogP contribution in [0.5, 0.6) is 0 Å². The summed E-state index contributed by atoms with van der Waals surface area (Å²) in [6, 6.07) is 7.91. The molecule has 126 valence electrons. The first-order chi connectivity index (χ1) is 12.2. The maximum Gasteiger partial charge on any atom is 0.229 e. The molecule has 6 heteroatoms. The summed E-state index contributed by atoms with van der Waals surface area (Å²) >= 11 is 0. The Bertz CT molecular complexity index is 973. The molecule has 0 unspecified atom stereocenters. The van der Waals surface area contributed by atoms with Crippen molar-refractivity contribution in [3.8, 4) is 0 Å². The molecule has 5 rings (SSSR count). The molecule has 2 aliphatic rings. The second-order valence-electron chi connectivity index (χ2n) is 6.96. The van der Waals surface area contributed by atoms with Gasteiger partial charge in [-0.3, -0.25) is 4.79 Å². The topological polar surface area (TPSA) is 82.7 Å². The number of hydrogen-bond acceptors (Lipinski definition) is 4. The van der Waals surface area contributed by atoms with Crippen molar-refractivity contribution in [1.82, 2.24) is 15.0 Å². The van der Waals surface area contributed by atoms with Gasteiger partial charge >= 0.3 is 0 Å². The largest absolute Gasteiger partial charge is 0.346 e. The number of aromatic nitrogens is 3. The third-order valence-corrected chi connectivity index (χ3v) is 5.19. The summed E-state index contributed by atoms with van der Waals surface area (Å²) in [5.74, 6) is 1.39. The van der Waals surface area contributed by atoms with Crippen molar-refractivity contribution in [3.63, 3.8) is 0 Å². The molecule has 0 spiro atoms. The minimum Gasteiger partial charge on any atom is -0.346 e.